The molecule has 1 atom stereocenters. The van der Waals surface area contributed by atoms with Crippen molar-refractivity contribution in [3.63, 3.8) is 0 Å². The summed E-state index contributed by atoms with van der Waals surface area (Å²) >= 11 is 3.65. The van der Waals surface area contributed by atoms with Gasteiger partial charge in [0.2, 0.25) is 11.8 Å². The molecule has 0 radical (unpaired) electrons. The van der Waals surface area contributed by atoms with Crippen molar-refractivity contribution in [3.8, 4) is 28.3 Å². The van der Waals surface area contributed by atoms with Crippen molar-refractivity contribution in [1.29, 1.82) is 0 Å². The average Bonchev–Trinajstić information content (AvgIpc) is 3.29. The second-order valence-corrected chi connectivity index (χ2v) is 11.8. The van der Waals surface area contributed by atoms with Gasteiger partial charge >= 0.3 is 6.09 Å². The van der Waals surface area contributed by atoms with Gasteiger partial charge in [0.15, 0.2) is 0 Å². The Labute approximate surface area is 239 Å². The summed E-state index contributed by atoms with van der Waals surface area (Å²) in [6, 6.07) is 16.2. The fourth-order valence-electron chi connectivity index (χ4n) is 4.84. The number of carbonyl (C=O) groups is 2. The lowest BCUT2D eigenvalue weighted by molar-refractivity contribution is -0.119. The van der Waals surface area contributed by atoms with Crippen LogP contribution in [0.15, 0.2) is 53.0 Å². The number of aromatic nitrogens is 1. The van der Waals surface area contributed by atoms with Crippen molar-refractivity contribution in [2.75, 3.05) is 13.7 Å². The van der Waals surface area contributed by atoms with Crippen LogP contribution in [0.4, 0.5) is 4.79 Å². The highest BCUT2D eigenvalue weighted by atomic mass is 79.9. The van der Waals surface area contributed by atoms with Gasteiger partial charge in [-0.15, -0.1) is 0 Å². The molecule has 0 spiro atoms. The van der Waals surface area contributed by atoms with E-state index < -0.39 is 11.7 Å². The van der Waals surface area contributed by atoms with Crippen molar-refractivity contribution in [3.05, 3.63) is 69.7 Å². The molecule has 0 unspecified atom stereocenters. The number of ether oxygens (including phenoxy) is 2. The van der Waals surface area contributed by atoms with Crippen molar-refractivity contribution in [2.45, 2.75) is 65.6 Å². The highest BCUT2D eigenvalue weighted by Crippen LogP contribution is 2.36. The van der Waals surface area contributed by atoms with Crippen LogP contribution in [0.1, 0.15) is 50.3 Å². The standard InChI is InChI=1S/C31H36BrN3O4/c1-19-23(24-10-8-12-26(32)20(24)2)9-7-11-25(19)27-15-13-21(29(34-27)38-6)17-35(30(37)39-31(3,4)5)18-22-14-16-28(36)33-22/h7-13,15,22H,14,16-18H2,1-6H3,(H,33,36)/t22-/m0/s1. The maximum Gasteiger partial charge on any atom is 0.410 e. The van der Waals surface area contributed by atoms with E-state index in [1.54, 1.807) is 12.0 Å². The number of hydrogen-bond acceptors (Lipinski definition) is 5. The van der Waals surface area contributed by atoms with Crippen LogP contribution in [0.3, 0.4) is 0 Å². The molecule has 2 aromatic carbocycles. The van der Waals surface area contributed by atoms with Gasteiger partial charge in [-0.05, 0) is 81.5 Å². The summed E-state index contributed by atoms with van der Waals surface area (Å²) < 4.78 is 12.4. The first-order valence-corrected chi connectivity index (χ1v) is 13.9. The first-order valence-electron chi connectivity index (χ1n) is 13.1. The Kier molecular flexibility index (Phi) is 8.64. The highest BCUT2D eigenvalue weighted by Gasteiger charge is 2.29. The monoisotopic (exact) mass is 593 g/mol. The zero-order valence-electron chi connectivity index (χ0n) is 23.4. The largest absolute Gasteiger partial charge is 0.481 e. The third-order valence-corrected chi connectivity index (χ3v) is 7.70. The van der Waals surface area contributed by atoms with Gasteiger partial charge in [-0.2, -0.15) is 0 Å². The molecule has 1 aliphatic rings. The van der Waals surface area contributed by atoms with E-state index in [1.807, 2.05) is 51.1 Å². The molecular formula is C31H36BrN3O4. The molecule has 1 aromatic heterocycles. The molecule has 3 aromatic rings. The van der Waals surface area contributed by atoms with Crippen LogP contribution in [-0.4, -0.2) is 47.2 Å². The molecule has 1 N–H and O–H groups in total. The molecule has 4 rings (SSSR count). The van der Waals surface area contributed by atoms with Crippen LogP contribution in [0.2, 0.25) is 0 Å². The number of pyridine rings is 1. The number of amides is 2. The number of rotatable bonds is 7. The molecule has 0 bridgehead atoms. The van der Waals surface area contributed by atoms with Gasteiger partial charge in [-0.1, -0.05) is 46.3 Å². The van der Waals surface area contributed by atoms with E-state index in [2.05, 4.69) is 53.3 Å². The zero-order valence-corrected chi connectivity index (χ0v) is 25.0. The third kappa shape index (κ3) is 6.79. The molecule has 39 heavy (non-hydrogen) atoms. The van der Waals surface area contributed by atoms with Crippen molar-refractivity contribution in [1.82, 2.24) is 15.2 Å². The maximum absolute atomic E-state index is 13.1. The van der Waals surface area contributed by atoms with Crippen molar-refractivity contribution < 1.29 is 19.1 Å². The summed E-state index contributed by atoms with van der Waals surface area (Å²) in [7, 11) is 1.58. The van der Waals surface area contributed by atoms with E-state index in [4.69, 9.17) is 14.5 Å². The summed E-state index contributed by atoms with van der Waals surface area (Å²) in [4.78, 5) is 31.3. The van der Waals surface area contributed by atoms with E-state index in [-0.39, 0.29) is 18.5 Å². The predicted molar refractivity (Wildman–Crippen MR) is 157 cm³/mol. The minimum atomic E-state index is -0.643. The van der Waals surface area contributed by atoms with E-state index in [1.165, 1.54) is 11.1 Å². The average molecular weight is 595 g/mol. The van der Waals surface area contributed by atoms with Crippen LogP contribution >= 0.6 is 15.9 Å². The Morgan fingerprint density at radius 2 is 1.72 bits per heavy atom. The van der Waals surface area contributed by atoms with Crippen molar-refractivity contribution in [2.24, 2.45) is 0 Å². The number of nitrogens with zero attached hydrogens (tertiary/aromatic N) is 2. The molecular weight excluding hydrogens is 558 g/mol. The minimum absolute atomic E-state index is 0.00314. The number of carbonyl (C=O) groups excluding carboxylic acids is 2. The number of benzene rings is 2. The Hall–Kier alpha value is -3.39. The van der Waals surface area contributed by atoms with E-state index in [0.29, 0.717) is 25.3 Å². The molecule has 2 amide bonds. The van der Waals surface area contributed by atoms with Gasteiger partial charge in [0.25, 0.3) is 0 Å². The first-order chi connectivity index (χ1) is 18.5. The van der Waals surface area contributed by atoms with Gasteiger partial charge in [0.05, 0.1) is 19.3 Å². The fraction of sp³-hybridized carbons (Fsp3) is 0.387. The van der Waals surface area contributed by atoms with Crippen LogP contribution in [0.25, 0.3) is 22.4 Å². The molecule has 206 valence electrons. The SMILES string of the molecule is COc1nc(-c2cccc(-c3cccc(Br)c3C)c2C)ccc1CN(C[C@@H]1CCC(=O)N1)C(=O)OC(C)(C)C. The summed E-state index contributed by atoms with van der Waals surface area (Å²) in [5.41, 5.74) is 6.52. The van der Waals surface area contributed by atoms with Gasteiger partial charge in [0.1, 0.15) is 5.60 Å². The van der Waals surface area contributed by atoms with E-state index in [9.17, 15) is 9.59 Å². The minimum Gasteiger partial charge on any atom is -0.481 e. The molecule has 0 saturated carbocycles. The molecule has 8 heteroatoms. The lowest BCUT2D eigenvalue weighted by atomic mass is 9.92. The zero-order chi connectivity index (χ0) is 28.3. The molecule has 1 aliphatic heterocycles. The molecule has 0 aliphatic carbocycles. The Bertz CT molecular complexity index is 1380. The van der Waals surface area contributed by atoms with Crippen LogP contribution < -0.4 is 10.1 Å². The predicted octanol–water partition coefficient (Wildman–Crippen LogP) is 6.82. The summed E-state index contributed by atoms with van der Waals surface area (Å²) in [5.74, 6) is 0.448. The summed E-state index contributed by atoms with van der Waals surface area (Å²) in [6.07, 6.45) is 0.701. The van der Waals surface area contributed by atoms with E-state index >= 15 is 0 Å². The third-order valence-electron chi connectivity index (χ3n) is 6.84. The fourth-order valence-corrected chi connectivity index (χ4v) is 5.20. The number of methoxy groups -OCH3 is 1. The summed E-state index contributed by atoms with van der Waals surface area (Å²) in [6.45, 7) is 10.3. The first kappa shape index (κ1) is 28.6. The number of hydrogen-bond donors (Lipinski definition) is 1. The normalized spacial score (nSPS) is 15.2. The van der Waals surface area contributed by atoms with Crippen molar-refractivity contribution >= 4 is 27.9 Å². The number of halogens is 1. The van der Waals surface area contributed by atoms with Gasteiger partial charge in [-0.3, -0.25) is 4.79 Å². The van der Waals surface area contributed by atoms with Crippen LogP contribution in [0, 0.1) is 13.8 Å². The molecule has 1 saturated heterocycles. The Morgan fingerprint density at radius 3 is 2.36 bits per heavy atom. The van der Waals surface area contributed by atoms with Crippen LogP contribution in [0.5, 0.6) is 5.88 Å². The Morgan fingerprint density at radius 1 is 1.05 bits per heavy atom. The maximum atomic E-state index is 13.1. The van der Waals surface area contributed by atoms with Crippen LogP contribution in [-0.2, 0) is 16.1 Å². The highest BCUT2D eigenvalue weighted by molar-refractivity contribution is 9.10. The number of nitrogens with one attached hydrogen (secondary N) is 1. The summed E-state index contributed by atoms with van der Waals surface area (Å²) in [5, 5.41) is 2.94. The van der Waals surface area contributed by atoms with Gasteiger partial charge in [0, 0.05) is 34.6 Å². The topological polar surface area (TPSA) is 80.8 Å². The molecule has 7 nitrogen and oxygen atoms in total. The second kappa shape index (κ2) is 11.8. The van der Waals surface area contributed by atoms with Gasteiger partial charge < -0.3 is 19.7 Å². The second-order valence-electron chi connectivity index (χ2n) is 10.9. The lowest BCUT2D eigenvalue weighted by Crippen LogP contribution is -2.43. The lowest BCUT2D eigenvalue weighted by Gasteiger charge is -2.29. The molecule has 2 heterocycles. The van der Waals surface area contributed by atoms with Gasteiger partial charge in [-0.25, -0.2) is 9.78 Å². The quantitative estimate of drug-likeness (QED) is 0.325. The van der Waals surface area contributed by atoms with E-state index in [0.717, 1.165) is 32.4 Å². The Balaban J connectivity index is 1.65. The smallest absolute Gasteiger partial charge is 0.410 e. The molecule has 1 fully saturated rings.